The average Bonchev–Trinajstić information content (AvgIpc) is 3.55. The van der Waals surface area contributed by atoms with Crippen LogP contribution in [0.3, 0.4) is 0 Å². The van der Waals surface area contributed by atoms with Crippen molar-refractivity contribution in [2.24, 2.45) is 0 Å². The van der Waals surface area contributed by atoms with E-state index in [2.05, 4.69) is 158 Å². The Morgan fingerprint density at radius 3 is 1.61 bits per heavy atom. The van der Waals surface area contributed by atoms with Gasteiger partial charge in [0.1, 0.15) is 0 Å². The molecule has 3 nitrogen and oxygen atoms in total. The van der Waals surface area contributed by atoms with Gasteiger partial charge in [0.15, 0.2) is 17.5 Å². The number of aromatic nitrogens is 3. The second kappa shape index (κ2) is 11.2. The molecule has 0 saturated carbocycles. The van der Waals surface area contributed by atoms with E-state index in [0.717, 1.165) is 33.2 Å². The fourth-order valence-corrected chi connectivity index (χ4v) is 8.21. The Morgan fingerprint density at radius 1 is 0.286 bits per heavy atom. The van der Waals surface area contributed by atoms with Gasteiger partial charge in [0.25, 0.3) is 0 Å². The number of fused-ring (bicyclic) bond motifs is 8. The van der Waals surface area contributed by atoms with Crippen LogP contribution in [-0.2, 0) is 0 Å². The maximum Gasteiger partial charge on any atom is 0.164 e. The van der Waals surface area contributed by atoms with Crippen molar-refractivity contribution >= 4 is 63.8 Å². The van der Waals surface area contributed by atoms with Crippen LogP contribution in [0.4, 0.5) is 0 Å². The summed E-state index contributed by atoms with van der Waals surface area (Å²) in [6, 6.07) is 58.1. The van der Waals surface area contributed by atoms with Crippen molar-refractivity contribution in [1.82, 2.24) is 15.0 Å². The molecule has 0 atom stereocenters. The van der Waals surface area contributed by atoms with Gasteiger partial charge in [-0.2, -0.15) is 0 Å². The molecule has 0 fully saturated rings. The van der Waals surface area contributed by atoms with E-state index in [9.17, 15) is 0 Å². The standard InChI is InChI=1S/C45H27N3S/c1-2-9-28(10-3-1)30-12-8-13-32(25-30)43-46-44(48-45(47-43)34-20-24-40-39-15-6-7-16-41(39)49-42(40)27-34)33-19-21-36-31(26-33)18-23-37-35-14-5-4-11-29(35)17-22-38(36)37/h1-27H. The molecule has 2 heterocycles. The Bertz CT molecular complexity index is 2890. The predicted molar refractivity (Wildman–Crippen MR) is 207 cm³/mol. The molecule has 2 aromatic heterocycles. The van der Waals surface area contributed by atoms with Crippen molar-refractivity contribution in [2.75, 3.05) is 0 Å². The van der Waals surface area contributed by atoms with Crippen LogP contribution in [-0.4, -0.2) is 15.0 Å². The zero-order chi connectivity index (χ0) is 32.3. The fraction of sp³-hybridized carbons (Fsp3) is 0. The van der Waals surface area contributed by atoms with E-state index in [-0.39, 0.29) is 0 Å². The number of thiophene rings is 1. The first-order valence-corrected chi connectivity index (χ1v) is 17.3. The lowest BCUT2D eigenvalue weighted by molar-refractivity contribution is 1.08. The molecule has 0 spiro atoms. The van der Waals surface area contributed by atoms with Crippen LogP contribution in [0, 0.1) is 0 Å². The normalized spacial score (nSPS) is 11.7. The molecule has 0 aliphatic rings. The van der Waals surface area contributed by atoms with E-state index >= 15 is 0 Å². The van der Waals surface area contributed by atoms with Crippen molar-refractivity contribution < 1.29 is 0 Å². The molecule has 0 amide bonds. The van der Waals surface area contributed by atoms with Gasteiger partial charge in [-0.15, -0.1) is 11.3 Å². The van der Waals surface area contributed by atoms with Crippen LogP contribution >= 0.6 is 11.3 Å². The molecule has 10 rings (SSSR count). The topological polar surface area (TPSA) is 38.7 Å². The van der Waals surface area contributed by atoms with Crippen molar-refractivity contribution in [1.29, 1.82) is 0 Å². The summed E-state index contributed by atoms with van der Waals surface area (Å²) in [4.78, 5) is 15.4. The molecule has 49 heavy (non-hydrogen) atoms. The molecule has 0 bridgehead atoms. The zero-order valence-corrected chi connectivity index (χ0v) is 27.2. The fourth-order valence-electron chi connectivity index (χ4n) is 7.06. The van der Waals surface area contributed by atoms with E-state index in [0.29, 0.717) is 17.5 Å². The number of rotatable bonds is 4. The van der Waals surface area contributed by atoms with Gasteiger partial charge in [-0.25, -0.2) is 15.0 Å². The summed E-state index contributed by atoms with van der Waals surface area (Å²) < 4.78 is 2.50. The second-order valence-electron chi connectivity index (χ2n) is 12.4. The molecule has 0 unspecified atom stereocenters. The lowest BCUT2D eigenvalue weighted by atomic mass is 9.96. The quantitative estimate of drug-likeness (QED) is 0.180. The van der Waals surface area contributed by atoms with E-state index in [1.54, 1.807) is 11.3 Å². The Labute approximate surface area is 286 Å². The van der Waals surface area contributed by atoms with Gasteiger partial charge in [-0.1, -0.05) is 140 Å². The SMILES string of the molecule is c1ccc(-c2cccc(-c3nc(-c4ccc5c(ccc6c7ccccc7ccc56)c4)nc(-c4ccc5c(c4)sc4ccccc45)n3)c2)cc1. The highest BCUT2D eigenvalue weighted by molar-refractivity contribution is 7.25. The summed E-state index contributed by atoms with van der Waals surface area (Å²) in [5.41, 5.74) is 5.16. The predicted octanol–water partition coefficient (Wildman–Crippen LogP) is 12.4. The van der Waals surface area contributed by atoms with Gasteiger partial charge in [-0.05, 0) is 67.7 Å². The van der Waals surface area contributed by atoms with Crippen molar-refractivity contribution in [2.45, 2.75) is 0 Å². The largest absolute Gasteiger partial charge is 0.208 e. The third-order valence-electron chi connectivity index (χ3n) is 9.50. The minimum absolute atomic E-state index is 0.652. The monoisotopic (exact) mass is 641 g/mol. The zero-order valence-electron chi connectivity index (χ0n) is 26.3. The molecule has 0 saturated heterocycles. The van der Waals surface area contributed by atoms with Crippen molar-refractivity contribution in [3.63, 3.8) is 0 Å². The van der Waals surface area contributed by atoms with Gasteiger partial charge in [-0.3, -0.25) is 0 Å². The highest BCUT2D eigenvalue weighted by atomic mass is 32.1. The van der Waals surface area contributed by atoms with E-state index in [1.807, 2.05) is 6.07 Å². The third kappa shape index (κ3) is 4.76. The maximum absolute atomic E-state index is 5.13. The molecule has 0 aliphatic carbocycles. The second-order valence-corrected chi connectivity index (χ2v) is 13.5. The molecule has 0 N–H and O–H groups in total. The maximum atomic E-state index is 5.13. The first kappa shape index (κ1) is 27.8. The summed E-state index contributed by atoms with van der Waals surface area (Å²) in [5.74, 6) is 1.97. The number of nitrogens with zero attached hydrogens (tertiary/aromatic N) is 3. The van der Waals surface area contributed by atoms with Gasteiger partial charge < -0.3 is 0 Å². The summed E-state index contributed by atoms with van der Waals surface area (Å²) in [6.07, 6.45) is 0. The average molecular weight is 642 g/mol. The highest BCUT2D eigenvalue weighted by Crippen LogP contribution is 2.37. The first-order valence-electron chi connectivity index (χ1n) is 16.4. The van der Waals surface area contributed by atoms with Crippen LogP contribution in [0.5, 0.6) is 0 Å². The van der Waals surface area contributed by atoms with Gasteiger partial charge in [0.2, 0.25) is 0 Å². The Morgan fingerprint density at radius 2 is 0.816 bits per heavy atom. The first-order chi connectivity index (χ1) is 24.2. The number of benzene rings is 8. The van der Waals surface area contributed by atoms with Crippen LogP contribution in [0.2, 0.25) is 0 Å². The minimum atomic E-state index is 0.652. The number of hydrogen-bond donors (Lipinski definition) is 0. The molecule has 4 heteroatoms. The summed E-state index contributed by atoms with van der Waals surface area (Å²) in [7, 11) is 0. The summed E-state index contributed by atoms with van der Waals surface area (Å²) in [5, 5.41) is 9.93. The van der Waals surface area contributed by atoms with E-state index in [4.69, 9.17) is 15.0 Å². The Balaban J connectivity index is 1.15. The van der Waals surface area contributed by atoms with Crippen LogP contribution < -0.4 is 0 Å². The van der Waals surface area contributed by atoms with Gasteiger partial charge in [0, 0.05) is 36.9 Å². The van der Waals surface area contributed by atoms with Gasteiger partial charge >= 0.3 is 0 Å². The Hall–Kier alpha value is -6.23. The molecular formula is C45H27N3S. The highest BCUT2D eigenvalue weighted by Gasteiger charge is 2.16. The molecule has 0 aliphatic heterocycles. The molecule has 228 valence electrons. The molecule has 0 radical (unpaired) electrons. The van der Waals surface area contributed by atoms with Crippen LogP contribution in [0.1, 0.15) is 0 Å². The van der Waals surface area contributed by atoms with Crippen molar-refractivity contribution in [3.8, 4) is 45.3 Å². The summed E-state index contributed by atoms with van der Waals surface area (Å²) >= 11 is 1.80. The van der Waals surface area contributed by atoms with Crippen molar-refractivity contribution in [3.05, 3.63) is 164 Å². The third-order valence-corrected chi connectivity index (χ3v) is 10.6. The van der Waals surface area contributed by atoms with E-state index in [1.165, 1.54) is 47.1 Å². The minimum Gasteiger partial charge on any atom is -0.208 e. The molecule has 10 aromatic rings. The van der Waals surface area contributed by atoms with Gasteiger partial charge in [0.05, 0.1) is 0 Å². The smallest absolute Gasteiger partial charge is 0.164 e. The molecular weight excluding hydrogens is 615 g/mol. The lowest BCUT2D eigenvalue weighted by Gasteiger charge is -2.11. The Kier molecular flexibility index (Phi) is 6.36. The summed E-state index contributed by atoms with van der Waals surface area (Å²) in [6.45, 7) is 0. The van der Waals surface area contributed by atoms with Crippen LogP contribution in [0.25, 0.3) is 97.8 Å². The van der Waals surface area contributed by atoms with E-state index < -0.39 is 0 Å². The van der Waals surface area contributed by atoms with Crippen LogP contribution in [0.15, 0.2) is 164 Å². The lowest BCUT2D eigenvalue weighted by Crippen LogP contribution is -2.00. The molecule has 8 aromatic carbocycles. The number of hydrogen-bond acceptors (Lipinski definition) is 4.